The fraction of sp³-hybridized carbons (Fsp3) is 0.167. The van der Waals surface area contributed by atoms with Crippen LogP contribution in [-0.2, 0) is 5.88 Å². The molecule has 0 aliphatic rings. The van der Waals surface area contributed by atoms with E-state index in [4.69, 9.17) is 39.5 Å². The fourth-order valence-electron chi connectivity index (χ4n) is 1.30. The van der Waals surface area contributed by atoms with E-state index in [1.165, 1.54) is 0 Å². The van der Waals surface area contributed by atoms with E-state index in [-0.39, 0.29) is 6.01 Å². The van der Waals surface area contributed by atoms with E-state index < -0.39 is 0 Å². The van der Waals surface area contributed by atoms with Gasteiger partial charge in [0.1, 0.15) is 5.75 Å². The lowest BCUT2D eigenvalue weighted by Gasteiger charge is -2.06. The molecule has 0 saturated heterocycles. The van der Waals surface area contributed by atoms with Gasteiger partial charge in [-0.05, 0) is 19.1 Å². The van der Waals surface area contributed by atoms with Gasteiger partial charge in [-0.3, -0.25) is 0 Å². The number of hydrogen-bond donors (Lipinski definition) is 0. The van der Waals surface area contributed by atoms with E-state index >= 15 is 0 Å². The highest BCUT2D eigenvalue weighted by atomic mass is 35.5. The molecule has 18 heavy (non-hydrogen) atoms. The highest BCUT2D eigenvalue weighted by molar-refractivity contribution is 6.42. The van der Waals surface area contributed by atoms with Crippen LogP contribution in [-0.4, -0.2) is 9.97 Å². The normalized spacial score (nSPS) is 10.4. The second-order valence-corrected chi connectivity index (χ2v) is 4.66. The first kappa shape index (κ1) is 13.4. The van der Waals surface area contributed by atoms with Gasteiger partial charge >= 0.3 is 6.01 Å². The van der Waals surface area contributed by atoms with Crippen LogP contribution in [0.15, 0.2) is 24.4 Å². The number of aromatic nitrogens is 2. The van der Waals surface area contributed by atoms with Crippen LogP contribution in [0.1, 0.15) is 11.3 Å². The van der Waals surface area contributed by atoms with Crippen LogP contribution >= 0.6 is 34.8 Å². The minimum atomic E-state index is 0.250. The summed E-state index contributed by atoms with van der Waals surface area (Å²) in [5.74, 6) is 0.904. The number of rotatable bonds is 3. The van der Waals surface area contributed by atoms with Crippen molar-refractivity contribution in [2.75, 3.05) is 0 Å². The number of alkyl halides is 1. The van der Waals surface area contributed by atoms with Gasteiger partial charge in [-0.2, -0.15) is 4.98 Å². The van der Waals surface area contributed by atoms with Gasteiger partial charge in [0.05, 0.1) is 15.9 Å². The summed E-state index contributed by atoms with van der Waals surface area (Å²) in [4.78, 5) is 8.26. The summed E-state index contributed by atoms with van der Waals surface area (Å²) in [6.45, 7) is 1.85. The van der Waals surface area contributed by atoms with Crippen molar-refractivity contribution < 1.29 is 4.74 Å². The Morgan fingerprint density at radius 2 is 2.00 bits per heavy atom. The maximum Gasteiger partial charge on any atom is 0.322 e. The van der Waals surface area contributed by atoms with Crippen molar-refractivity contribution in [2.45, 2.75) is 12.8 Å². The number of aryl methyl sites for hydroxylation is 1. The van der Waals surface area contributed by atoms with E-state index in [1.54, 1.807) is 24.4 Å². The maximum absolute atomic E-state index is 5.89. The molecule has 0 fully saturated rings. The highest BCUT2D eigenvalue weighted by Crippen LogP contribution is 2.28. The van der Waals surface area contributed by atoms with Crippen LogP contribution < -0.4 is 4.74 Å². The first-order chi connectivity index (χ1) is 8.60. The predicted molar refractivity (Wildman–Crippen MR) is 72.9 cm³/mol. The first-order valence-corrected chi connectivity index (χ1v) is 6.40. The third-order valence-electron chi connectivity index (χ3n) is 2.30. The second-order valence-electron chi connectivity index (χ2n) is 3.57. The summed E-state index contributed by atoms with van der Waals surface area (Å²) in [7, 11) is 0. The zero-order valence-corrected chi connectivity index (χ0v) is 11.7. The van der Waals surface area contributed by atoms with Crippen molar-refractivity contribution in [1.29, 1.82) is 0 Å². The van der Waals surface area contributed by atoms with Crippen LogP contribution in [0.5, 0.6) is 11.8 Å². The monoisotopic (exact) mass is 302 g/mol. The Morgan fingerprint density at radius 1 is 1.22 bits per heavy atom. The number of nitrogens with zero attached hydrogens (tertiary/aromatic N) is 2. The van der Waals surface area contributed by atoms with Gasteiger partial charge in [-0.15, -0.1) is 11.6 Å². The summed E-state index contributed by atoms with van der Waals surface area (Å²) in [5, 5.41) is 0.891. The summed E-state index contributed by atoms with van der Waals surface area (Å²) < 4.78 is 5.49. The lowest BCUT2D eigenvalue weighted by atomic mass is 10.3. The zero-order valence-electron chi connectivity index (χ0n) is 9.45. The molecule has 0 aliphatic carbocycles. The zero-order chi connectivity index (χ0) is 13.1. The molecule has 0 spiro atoms. The molecular weight excluding hydrogens is 295 g/mol. The molecule has 0 saturated carbocycles. The average molecular weight is 304 g/mol. The van der Waals surface area contributed by atoms with Crippen molar-refractivity contribution in [1.82, 2.24) is 9.97 Å². The molecule has 94 valence electrons. The summed E-state index contributed by atoms with van der Waals surface area (Å²) in [6, 6.07) is 5.21. The Kier molecular flexibility index (Phi) is 4.27. The van der Waals surface area contributed by atoms with Gasteiger partial charge in [0, 0.05) is 23.5 Å². The molecule has 6 heteroatoms. The smallest absolute Gasteiger partial charge is 0.322 e. The molecular formula is C12H9Cl3N2O. The van der Waals surface area contributed by atoms with Gasteiger partial charge in [0.15, 0.2) is 0 Å². The Labute approximate surface area is 120 Å². The molecule has 1 aromatic carbocycles. The lowest BCUT2D eigenvalue weighted by Crippen LogP contribution is -1.97. The fourth-order valence-corrected chi connectivity index (χ4v) is 1.85. The molecule has 0 atom stereocenters. The van der Waals surface area contributed by atoms with Crippen LogP contribution in [0.25, 0.3) is 0 Å². The van der Waals surface area contributed by atoms with Crippen LogP contribution in [0, 0.1) is 6.92 Å². The first-order valence-electron chi connectivity index (χ1n) is 5.11. The molecule has 2 rings (SSSR count). The summed E-state index contributed by atoms with van der Waals surface area (Å²) in [5.41, 5.74) is 1.66. The van der Waals surface area contributed by atoms with Crippen molar-refractivity contribution in [3.8, 4) is 11.8 Å². The number of halogens is 3. The molecule has 0 bridgehead atoms. The largest absolute Gasteiger partial charge is 0.424 e. The molecule has 0 radical (unpaired) electrons. The maximum atomic E-state index is 5.89. The van der Waals surface area contributed by atoms with E-state index in [1.807, 2.05) is 6.92 Å². The van der Waals surface area contributed by atoms with Crippen molar-refractivity contribution in [3.05, 3.63) is 45.7 Å². The standard InChI is InChI=1S/C12H9Cl3N2O/c1-7-8(5-13)6-16-12(17-7)18-9-2-3-10(14)11(15)4-9/h2-4,6H,5H2,1H3. The quantitative estimate of drug-likeness (QED) is 0.776. The van der Waals surface area contributed by atoms with Gasteiger partial charge in [0.2, 0.25) is 0 Å². The van der Waals surface area contributed by atoms with Crippen LogP contribution in [0.3, 0.4) is 0 Å². The SMILES string of the molecule is Cc1nc(Oc2ccc(Cl)c(Cl)c2)ncc1CCl. The Morgan fingerprint density at radius 3 is 2.61 bits per heavy atom. The minimum Gasteiger partial charge on any atom is -0.424 e. The molecule has 0 amide bonds. The summed E-state index contributed by atoms with van der Waals surface area (Å²) in [6.07, 6.45) is 1.64. The minimum absolute atomic E-state index is 0.250. The Balaban J connectivity index is 2.23. The molecule has 3 nitrogen and oxygen atoms in total. The molecule has 1 aromatic heterocycles. The van der Waals surface area contributed by atoms with Gasteiger partial charge in [-0.1, -0.05) is 23.2 Å². The molecule has 0 N–H and O–H groups in total. The van der Waals surface area contributed by atoms with Crippen molar-refractivity contribution in [3.63, 3.8) is 0 Å². The Hall–Kier alpha value is -1.03. The van der Waals surface area contributed by atoms with Crippen molar-refractivity contribution in [2.24, 2.45) is 0 Å². The third kappa shape index (κ3) is 3.05. The molecule has 2 aromatic rings. The van der Waals surface area contributed by atoms with E-state index in [2.05, 4.69) is 9.97 Å². The van der Waals surface area contributed by atoms with Gasteiger partial charge in [0.25, 0.3) is 0 Å². The lowest BCUT2D eigenvalue weighted by molar-refractivity contribution is 0.440. The van der Waals surface area contributed by atoms with Gasteiger partial charge < -0.3 is 4.74 Å². The molecule has 0 unspecified atom stereocenters. The highest BCUT2D eigenvalue weighted by Gasteiger charge is 2.06. The number of hydrogen-bond acceptors (Lipinski definition) is 3. The third-order valence-corrected chi connectivity index (χ3v) is 3.33. The number of benzene rings is 1. The summed E-state index contributed by atoms with van der Waals surface area (Å²) >= 11 is 17.4. The van der Waals surface area contributed by atoms with E-state index in [0.717, 1.165) is 11.3 Å². The molecule has 0 aliphatic heterocycles. The van der Waals surface area contributed by atoms with E-state index in [9.17, 15) is 0 Å². The van der Waals surface area contributed by atoms with Gasteiger partial charge in [-0.25, -0.2) is 4.98 Å². The second kappa shape index (κ2) is 5.74. The van der Waals surface area contributed by atoms with Crippen molar-refractivity contribution >= 4 is 34.8 Å². The van der Waals surface area contributed by atoms with Crippen LogP contribution in [0.4, 0.5) is 0 Å². The molecule has 1 heterocycles. The Bertz CT molecular complexity index is 575. The topological polar surface area (TPSA) is 35.0 Å². The predicted octanol–water partition coefficient (Wildman–Crippen LogP) is 4.62. The van der Waals surface area contributed by atoms with E-state index in [0.29, 0.717) is 21.7 Å². The van der Waals surface area contributed by atoms with Crippen LogP contribution in [0.2, 0.25) is 10.0 Å². The number of ether oxygens (including phenoxy) is 1. The average Bonchev–Trinajstić information content (AvgIpc) is 2.34.